The maximum absolute atomic E-state index is 12.4. The summed E-state index contributed by atoms with van der Waals surface area (Å²) in [5, 5.41) is 5.48. The van der Waals surface area contributed by atoms with E-state index < -0.39 is 15.9 Å². The zero-order valence-corrected chi connectivity index (χ0v) is 18.4. The van der Waals surface area contributed by atoms with Crippen molar-refractivity contribution in [1.29, 1.82) is 0 Å². The molecule has 28 heavy (non-hydrogen) atoms. The molecule has 0 atom stereocenters. The maximum atomic E-state index is 12.4. The average Bonchev–Trinajstić information content (AvgIpc) is 3.28. The van der Waals surface area contributed by atoms with Crippen LogP contribution >= 0.6 is 34.3 Å². The summed E-state index contributed by atoms with van der Waals surface area (Å²) < 4.78 is 26.0. The summed E-state index contributed by atoms with van der Waals surface area (Å²) in [4.78, 5) is 17.7. The van der Waals surface area contributed by atoms with Gasteiger partial charge in [-0.25, -0.2) is 13.4 Å². The Hall–Kier alpha value is -1.78. The number of aryl methyl sites for hydroxylation is 1. The van der Waals surface area contributed by atoms with Crippen molar-refractivity contribution in [2.45, 2.75) is 17.6 Å². The fourth-order valence-corrected chi connectivity index (χ4v) is 6.00. The number of carbonyl (C=O) groups excluding carboxylic acids is 1. The van der Waals surface area contributed by atoms with Gasteiger partial charge >= 0.3 is 0 Å². The number of hydrogen-bond acceptors (Lipinski definition) is 6. The highest BCUT2D eigenvalue weighted by molar-refractivity contribution is 7.91. The highest BCUT2D eigenvalue weighted by Crippen LogP contribution is 2.28. The summed E-state index contributed by atoms with van der Waals surface area (Å²) in [7, 11) is -2.29. The minimum atomic E-state index is -3.67. The third-order valence-corrected chi connectivity index (χ3v) is 8.59. The van der Waals surface area contributed by atoms with Crippen LogP contribution < -0.4 is 5.32 Å². The van der Waals surface area contributed by atoms with E-state index in [0.717, 1.165) is 31.8 Å². The third kappa shape index (κ3) is 4.79. The van der Waals surface area contributed by atoms with Gasteiger partial charge in [-0.3, -0.25) is 4.79 Å². The third-order valence-electron chi connectivity index (χ3n) is 3.97. The molecule has 0 aliphatic rings. The first-order valence-corrected chi connectivity index (χ1v) is 11.8. The van der Waals surface area contributed by atoms with E-state index in [2.05, 4.69) is 10.3 Å². The van der Waals surface area contributed by atoms with Gasteiger partial charge in [-0.05, 0) is 30.0 Å². The lowest BCUT2D eigenvalue weighted by Gasteiger charge is -2.14. The molecule has 0 aliphatic carbocycles. The van der Waals surface area contributed by atoms with E-state index in [-0.39, 0.29) is 10.8 Å². The monoisotopic (exact) mass is 455 g/mol. The highest BCUT2D eigenvalue weighted by atomic mass is 35.5. The van der Waals surface area contributed by atoms with Gasteiger partial charge in [0.25, 0.3) is 10.0 Å². The number of anilines is 1. The molecule has 0 unspecified atom stereocenters. The molecule has 0 fully saturated rings. The molecule has 6 nitrogen and oxygen atoms in total. The molecular formula is C18H18ClN3O3S3. The molecule has 1 amide bonds. The number of amides is 1. The Morgan fingerprint density at radius 2 is 2.00 bits per heavy atom. The molecule has 148 valence electrons. The summed E-state index contributed by atoms with van der Waals surface area (Å²) in [5.41, 5.74) is 1.79. The van der Waals surface area contributed by atoms with Gasteiger partial charge in [0.1, 0.15) is 4.21 Å². The minimum Gasteiger partial charge on any atom is -0.301 e. The second-order valence-electron chi connectivity index (χ2n) is 6.04. The van der Waals surface area contributed by atoms with Crippen LogP contribution in [0, 0.1) is 6.92 Å². The number of sulfonamides is 1. The Kier molecular flexibility index (Phi) is 6.51. The molecule has 1 N–H and O–H groups in total. The van der Waals surface area contributed by atoms with E-state index in [1.807, 2.05) is 31.2 Å². The largest absolute Gasteiger partial charge is 0.301 e. The van der Waals surface area contributed by atoms with Crippen LogP contribution in [-0.2, 0) is 21.2 Å². The predicted octanol–water partition coefficient (Wildman–Crippen LogP) is 4.02. The quantitative estimate of drug-likeness (QED) is 0.583. The van der Waals surface area contributed by atoms with Crippen molar-refractivity contribution in [3.8, 4) is 0 Å². The predicted molar refractivity (Wildman–Crippen MR) is 114 cm³/mol. The molecule has 0 bridgehead atoms. The standard InChI is InChI=1S/C18H18ClN3O3S3/c1-12-15(10-13-6-3-4-7-14(13)19)27-18(20-12)21-16(23)11-22(2)28(24,25)17-8-5-9-26-17/h3-9H,10-11H2,1-2H3,(H,20,21,23). The van der Waals surface area contributed by atoms with Crippen LogP contribution in [0.4, 0.5) is 5.13 Å². The normalized spacial score (nSPS) is 11.7. The van der Waals surface area contributed by atoms with Crippen LogP contribution in [0.25, 0.3) is 0 Å². The average molecular weight is 456 g/mol. The van der Waals surface area contributed by atoms with Gasteiger partial charge in [0.05, 0.1) is 12.2 Å². The van der Waals surface area contributed by atoms with E-state index in [4.69, 9.17) is 11.6 Å². The first-order chi connectivity index (χ1) is 13.3. The maximum Gasteiger partial charge on any atom is 0.252 e. The fraction of sp³-hybridized carbons (Fsp3) is 0.222. The van der Waals surface area contributed by atoms with Crippen LogP contribution in [0.1, 0.15) is 16.1 Å². The van der Waals surface area contributed by atoms with E-state index in [1.165, 1.54) is 24.5 Å². The molecule has 0 aliphatic heterocycles. The van der Waals surface area contributed by atoms with Crippen LogP contribution in [0.15, 0.2) is 46.0 Å². The Labute approximate surface area is 176 Å². The summed E-state index contributed by atoms with van der Waals surface area (Å²) >= 11 is 8.68. The second-order valence-corrected chi connectivity index (χ2v) is 10.7. The first kappa shape index (κ1) is 20.9. The van der Waals surface area contributed by atoms with Gasteiger partial charge in [-0.2, -0.15) is 4.31 Å². The minimum absolute atomic E-state index is 0.204. The number of hydrogen-bond donors (Lipinski definition) is 1. The topological polar surface area (TPSA) is 79.4 Å². The van der Waals surface area contributed by atoms with Gasteiger partial charge in [0.15, 0.2) is 5.13 Å². The van der Waals surface area contributed by atoms with Gasteiger partial charge in [0, 0.05) is 23.4 Å². The van der Waals surface area contributed by atoms with Gasteiger partial charge in [-0.15, -0.1) is 22.7 Å². The number of thiophene rings is 1. The Morgan fingerprint density at radius 3 is 2.68 bits per heavy atom. The second kappa shape index (κ2) is 8.71. The van der Waals surface area contributed by atoms with E-state index in [1.54, 1.807) is 11.4 Å². The molecule has 3 aromatic rings. The summed E-state index contributed by atoms with van der Waals surface area (Å²) in [5.74, 6) is -0.444. The number of nitrogens with zero attached hydrogens (tertiary/aromatic N) is 2. The van der Waals surface area contributed by atoms with Crippen molar-refractivity contribution in [3.05, 3.63) is 62.9 Å². The zero-order chi connectivity index (χ0) is 20.3. The SMILES string of the molecule is Cc1nc(NC(=O)CN(C)S(=O)(=O)c2cccs2)sc1Cc1ccccc1Cl. The van der Waals surface area contributed by atoms with Crippen molar-refractivity contribution in [2.75, 3.05) is 18.9 Å². The molecule has 0 saturated heterocycles. The Balaban J connectivity index is 1.66. The van der Waals surface area contributed by atoms with Crippen molar-refractivity contribution < 1.29 is 13.2 Å². The van der Waals surface area contributed by atoms with Crippen LogP contribution in [0.3, 0.4) is 0 Å². The van der Waals surface area contributed by atoms with Gasteiger partial charge in [-0.1, -0.05) is 35.9 Å². The number of aromatic nitrogens is 1. The van der Waals surface area contributed by atoms with Crippen LogP contribution in [0.5, 0.6) is 0 Å². The van der Waals surface area contributed by atoms with Crippen molar-refractivity contribution in [2.24, 2.45) is 0 Å². The van der Waals surface area contributed by atoms with E-state index in [9.17, 15) is 13.2 Å². The highest BCUT2D eigenvalue weighted by Gasteiger charge is 2.24. The number of likely N-dealkylation sites (N-methyl/N-ethyl adjacent to an activating group) is 1. The summed E-state index contributed by atoms with van der Waals surface area (Å²) in [6.07, 6.45) is 0.617. The van der Waals surface area contributed by atoms with Gasteiger partial charge in [0.2, 0.25) is 5.91 Å². The zero-order valence-electron chi connectivity index (χ0n) is 15.2. The smallest absolute Gasteiger partial charge is 0.252 e. The van der Waals surface area contributed by atoms with E-state index in [0.29, 0.717) is 16.6 Å². The number of nitrogens with one attached hydrogen (secondary N) is 1. The summed E-state index contributed by atoms with van der Waals surface area (Å²) in [6.45, 7) is 1.57. The Morgan fingerprint density at radius 1 is 1.25 bits per heavy atom. The lowest BCUT2D eigenvalue weighted by atomic mass is 10.1. The molecule has 2 heterocycles. The molecule has 2 aromatic heterocycles. The first-order valence-electron chi connectivity index (χ1n) is 8.27. The number of halogens is 1. The summed E-state index contributed by atoms with van der Waals surface area (Å²) in [6, 6.07) is 10.7. The number of carbonyl (C=O) groups is 1. The molecule has 0 spiro atoms. The van der Waals surface area contributed by atoms with Crippen molar-refractivity contribution in [3.63, 3.8) is 0 Å². The molecule has 0 radical (unpaired) electrons. The number of rotatable bonds is 7. The van der Waals surface area contributed by atoms with Crippen molar-refractivity contribution >= 4 is 55.3 Å². The number of thiazole rings is 1. The molecule has 0 saturated carbocycles. The molecular weight excluding hydrogens is 438 g/mol. The lowest BCUT2D eigenvalue weighted by molar-refractivity contribution is -0.116. The van der Waals surface area contributed by atoms with Gasteiger partial charge < -0.3 is 5.32 Å². The number of benzene rings is 1. The molecule has 10 heteroatoms. The Bertz CT molecular complexity index is 1080. The van der Waals surface area contributed by atoms with Crippen LogP contribution in [-0.4, -0.2) is 37.2 Å². The van der Waals surface area contributed by atoms with E-state index >= 15 is 0 Å². The lowest BCUT2D eigenvalue weighted by Crippen LogP contribution is -2.34. The molecule has 1 aromatic carbocycles. The fourth-order valence-electron chi connectivity index (χ4n) is 2.47. The van der Waals surface area contributed by atoms with Crippen LogP contribution in [0.2, 0.25) is 5.02 Å². The molecule has 3 rings (SSSR count). The van der Waals surface area contributed by atoms with Crippen molar-refractivity contribution in [1.82, 2.24) is 9.29 Å².